The number of benzene rings is 1. The minimum absolute atomic E-state index is 0.0450. The minimum Gasteiger partial charge on any atom is -0.496 e. The molecule has 112 valence electrons. The fourth-order valence-corrected chi connectivity index (χ4v) is 3.40. The van der Waals surface area contributed by atoms with Crippen molar-refractivity contribution in [2.24, 2.45) is 0 Å². The Balaban J connectivity index is 2.24. The topological polar surface area (TPSA) is 53.4 Å². The molecule has 0 bridgehead atoms. The van der Waals surface area contributed by atoms with Crippen LogP contribution in [0.3, 0.4) is 0 Å². The van der Waals surface area contributed by atoms with Crippen LogP contribution < -0.4 is 10.3 Å². The van der Waals surface area contributed by atoms with E-state index in [0.717, 1.165) is 25.7 Å². The average molecular weight is 288 g/mol. The zero-order chi connectivity index (χ0) is 14.9. The predicted molar refractivity (Wildman–Crippen MR) is 80.9 cm³/mol. The largest absolute Gasteiger partial charge is 0.496 e. The van der Waals surface area contributed by atoms with Gasteiger partial charge in [0, 0.05) is 7.11 Å². The molecule has 0 unspecified atom stereocenters. The van der Waals surface area contributed by atoms with E-state index in [1.807, 2.05) is 12.1 Å². The molecule has 0 radical (unpaired) electrons. The summed E-state index contributed by atoms with van der Waals surface area (Å²) in [5, 5.41) is 0.546. The van der Waals surface area contributed by atoms with Crippen molar-refractivity contribution in [1.29, 1.82) is 0 Å². The first-order chi connectivity index (χ1) is 10.2. The van der Waals surface area contributed by atoms with E-state index < -0.39 is 0 Å². The van der Waals surface area contributed by atoms with E-state index in [2.05, 4.69) is 4.98 Å². The summed E-state index contributed by atoms with van der Waals surface area (Å²) in [7, 11) is 3.26. The highest BCUT2D eigenvalue weighted by molar-refractivity contribution is 5.84. The Morgan fingerprint density at radius 1 is 1.29 bits per heavy atom. The van der Waals surface area contributed by atoms with Gasteiger partial charge in [0.2, 0.25) is 0 Å². The third-order valence-corrected chi connectivity index (χ3v) is 4.43. The molecule has 5 nitrogen and oxygen atoms in total. The Morgan fingerprint density at radius 3 is 2.71 bits per heavy atom. The summed E-state index contributed by atoms with van der Waals surface area (Å²) in [5.41, 5.74) is 0.353. The van der Waals surface area contributed by atoms with Gasteiger partial charge in [0.05, 0.1) is 31.1 Å². The molecule has 1 aliphatic rings. The summed E-state index contributed by atoms with van der Waals surface area (Å²) in [6.07, 6.45) is 5.78. The van der Waals surface area contributed by atoms with Crippen molar-refractivity contribution in [3.63, 3.8) is 0 Å². The van der Waals surface area contributed by atoms with Crippen molar-refractivity contribution < 1.29 is 9.47 Å². The highest BCUT2D eigenvalue weighted by Gasteiger charge is 2.37. The monoisotopic (exact) mass is 288 g/mol. The fourth-order valence-electron chi connectivity index (χ4n) is 3.40. The van der Waals surface area contributed by atoms with Crippen molar-refractivity contribution in [3.05, 3.63) is 34.9 Å². The molecule has 1 aliphatic carbocycles. The lowest BCUT2D eigenvalue weighted by molar-refractivity contribution is 0.0867. The van der Waals surface area contributed by atoms with Gasteiger partial charge in [-0.05, 0) is 25.0 Å². The summed E-state index contributed by atoms with van der Waals surface area (Å²) >= 11 is 0. The van der Waals surface area contributed by atoms with Crippen LogP contribution >= 0.6 is 0 Å². The summed E-state index contributed by atoms with van der Waals surface area (Å²) < 4.78 is 12.5. The second-order valence-corrected chi connectivity index (χ2v) is 5.64. The minimum atomic E-state index is -0.270. The van der Waals surface area contributed by atoms with Gasteiger partial charge in [-0.3, -0.25) is 9.36 Å². The van der Waals surface area contributed by atoms with Crippen molar-refractivity contribution in [2.45, 2.75) is 31.2 Å². The Morgan fingerprint density at radius 2 is 2.05 bits per heavy atom. The normalized spacial score (nSPS) is 17.2. The molecule has 1 fully saturated rings. The zero-order valence-corrected chi connectivity index (χ0v) is 12.5. The maximum absolute atomic E-state index is 13.0. The molecule has 0 aliphatic heterocycles. The third-order valence-electron chi connectivity index (χ3n) is 4.43. The first-order valence-electron chi connectivity index (χ1n) is 7.26. The molecule has 3 rings (SSSR count). The van der Waals surface area contributed by atoms with Crippen LogP contribution in [0.5, 0.6) is 5.75 Å². The van der Waals surface area contributed by atoms with Gasteiger partial charge in [-0.25, -0.2) is 4.98 Å². The molecule has 0 amide bonds. The van der Waals surface area contributed by atoms with Gasteiger partial charge in [0.15, 0.2) is 0 Å². The number of hydrogen-bond acceptors (Lipinski definition) is 4. The number of ether oxygens (including phenoxy) is 2. The van der Waals surface area contributed by atoms with Gasteiger partial charge in [-0.2, -0.15) is 0 Å². The number of rotatable bonds is 4. The van der Waals surface area contributed by atoms with Gasteiger partial charge in [-0.15, -0.1) is 0 Å². The second-order valence-electron chi connectivity index (χ2n) is 5.64. The molecule has 5 heteroatoms. The second kappa shape index (κ2) is 5.48. The van der Waals surface area contributed by atoms with Gasteiger partial charge >= 0.3 is 0 Å². The number of hydrogen-bond donors (Lipinski definition) is 0. The average Bonchev–Trinajstić information content (AvgIpc) is 2.97. The molecule has 21 heavy (non-hydrogen) atoms. The molecule has 2 aromatic rings. The van der Waals surface area contributed by atoms with Gasteiger partial charge in [0.25, 0.3) is 5.56 Å². The Hall–Kier alpha value is -1.88. The zero-order valence-electron chi connectivity index (χ0n) is 12.5. The van der Waals surface area contributed by atoms with Crippen molar-refractivity contribution >= 4 is 10.9 Å². The van der Waals surface area contributed by atoms with Crippen molar-refractivity contribution in [3.8, 4) is 5.75 Å². The SMILES string of the molecule is COCC1(n2cnc3cccc(OC)c3c2=O)CCCC1. The summed E-state index contributed by atoms with van der Waals surface area (Å²) in [5.74, 6) is 0.574. The molecule has 1 aromatic heterocycles. The maximum atomic E-state index is 13.0. The summed E-state index contributed by atoms with van der Waals surface area (Å²) in [6, 6.07) is 5.48. The lowest BCUT2D eigenvalue weighted by atomic mass is 9.98. The van der Waals surface area contributed by atoms with Gasteiger partial charge < -0.3 is 9.47 Å². The maximum Gasteiger partial charge on any atom is 0.265 e. The molecular weight excluding hydrogens is 268 g/mol. The van der Waals surface area contributed by atoms with Gasteiger partial charge in [-0.1, -0.05) is 18.9 Å². The third kappa shape index (κ3) is 2.21. The van der Waals surface area contributed by atoms with E-state index in [-0.39, 0.29) is 11.1 Å². The van der Waals surface area contributed by atoms with Crippen LogP contribution in [-0.2, 0) is 10.3 Å². The van der Waals surface area contributed by atoms with E-state index in [4.69, 9.17) is 9.47 Å². The number of nitrogens with zero attached hydrogens (tertiary/aromatic N) is 2. The Kier molecular flexibility index (Phi) is 3.68. The van der Waals surface area contributed by atoms with Crippen molar-refractivity contribution in [1.82, 2.24) is 9.55 Å². The number of aromatic nitrogens is 2. The number of methoxy groups -OCH3 is 2. The first-order valence-corrected chi connectivity index (χ1v) is 7.26. The molecule has 0 atom stereocenters. The van der Waals surface area contributed by atoms with Crippen LogP contribution in [0.2, 0.25) is 0 Å². The highest BCUT2D eigenvalue weighted by Crippen LogP contribution is 2.36. The molecule has 0 saturated heterocycles. The van der Waals surface area contributed by atoms with E-state index in [1.165, 1.54) is 0 Å². The van der Waals surface area contributed by atoms with Crippen LogP contribution in [0.4, 0.5) is 0 Å². The molecule has 0 N–H and O–H groups in total. The van der Waals surface area contributed by atoms with E-state index in [0.29, 0.717) is 23.3 Å². The highest BCUT2D eigenvalue weighted by atomic mass is 16.5. The van der Waals surface area contributed by atoms with E-state index >= 15 is 0 Å². The van der Waals surface area contributed by atoms with Crippen LogP contribution in [0.25, 0.3) is 10.9 Å². The standard InChI is InChI=1S/C16H20N2O3/c1-20-10-16(8-3-4-9-16)18-11-17-12-6-5-7-13(21-2)14(12)15(18)19/h5-7,11H,3-4,8-10H2,1-2H3. The van der Waals surface area contributed by atoms with E-state index in [9.17, 15) is 4.79 Å². The van der Waals surface area contributed by atoms with Crippen LogP contribution in [-0.4, -0.2) is 30.4 Å². The summed E-state index contributed by atoms with van der Waals surface area (Å²) in [4.78, 5) is 17.4. The molecular formula is C16H20N2O3. The Bertz CT molecular complexity index is 702. The fraction of sp³-hybridized carbons (Fsp3) is 0.500. The molecule has 1 aromatic carbocycles. The summed E-state index contributed by atoms with van der Waals surface area (Å²) in [6.45, 7) is 0.537. The molecule has 0 spiro atoms. The lowest BCUT2D eigenvalue weighted by Crippen LogP contribution is -2.42. The predicted octanol–water partition coefficient (Wildman–Crippen LogP) is 2.32. The first kappa shape index (κ1) is 14.1. The molecule has 1 saturated carbocycles. The smallest absolute Gasteiger partial charge is 0.265 e. The van der Waals surface area contributed by atoms with Crippen LogP contribution in [0.1, 0.15) is 25.7 Å². The van der Waals surface area contributed by atoms with Crippen molar-refractivity contribution in [2.75, 3.05) is 20.8 Å². The number of fused-ring (bicyclic) bond motifs is 1. The Labute approximate surface area is 123 Å². The lowest BCUT2D eigenvalue weighted by Gasteiger charge is -2.30. The quantitative estimate of drug-likeness (QED) is 0.866. The molecule has 1 heterocycles. The van der Waals surface area contributed by atoms with Crippen LogP contribution in [0, 0.1) is 0 Å². The van der Waals surface area contributed by atoms with E-state index in [1.54, 1.807) is 31.2 Å². The van der Waals surface area contributed by atoms with Crippen LogP contribution in [0.15, 0.2) is 29.3 Å². The van der Waals surface area contributed by atoms with Gasteiger partial charge in [0.1, 0.15) is 11.1 Å².